The number of fused-ring (bicyclic) bond motifs is 1. The van der Waals surface area contributed by atoms with E-state index in [1.165, 1.54) is 48.3 Å². The van der Waals surface area contributed by atoms with Gasteiger partial charge in [-0.3, -0.25) is 9.36 Å². The highest BCUT2D eigenvalue weighted by atomic mass is 79.9. The van der Waals surface area contributed by atoms with Gasteiger partial charge in [0.15, 0.2) is 9.84 Å². The van der Waals surface area contributed by atoms with Crippen molar-refractivity contribution < 1.29 is 22.1 Å². The van der Waals surface area contributed by atoms with Crippen LogP contribution in [-0.2, 0) is 15.6 Å². The van der Waals surface area contributed by atoms with Crippen LogP contribution >= 0.6 is 15.9 Å². The van der Waals surface area contributed by atoms with Gasteiger partial charge in [-0.2, -0.15) is 0 Å². The Morgan fingerprint density at radius 2 is 2.03 bits per heavy atom. The van der Waals surface area contributed by atoms with E-state index in [0.29, 0.717) is 5.52 Å². The molecule has 0 aliphatic heterocycles. The van der Waals surface area contributed by atoms with E-state index in [0.717, 1.165) is 12.3 Å². The van der Waals surface area contributed by atoms with Crippen LogP contribution in [0, 0.1) is 5.82 Å². The lowest BCUT2D eigenvalue weighted by Crippen LogP contribution is -2.20. The van der Waals surface area contributed by atoms with Crippen LogP contribution in [0.4, 0.5) is 4.39 Å². The Morgan fingerprint density at radius 3 is 2.73 bits per heavy atom. The minimum atomic E-state index is -3.73. The minimum absolute atomic E-state index is 0.00431. The predicted molar refractivity (Wildman–Crippen MR) is 109 cm³/mol. The second-order valence-corrected chi connectivity index (χ2v) is 9.11. The Kier molecular flexibility index (Phi) is 5.16. The summed E-state index contributed by atoms with van der Waals surface area (Å²) in [5.74, 6) is -0.685. The van der Waals surface area contributed by atoms with Gasteiger partial charge in [0, 0.05) is 12.1 Å². The smallest absolute Gasteiger partial charge is 0.274 e. The second-order valence-electron chi connectivity index (χ2n) is 6.27. The molecule has 0 atom stereocenters. The van der Waals surface area contributed by atoms with Crippen molar-refractivity contribution in [2.45, 2.75) is 10.6 Å². The van der Waals surface area contributed by atoms with E-state index in [9.17, 15) is 17.6 Å². The summed E-state index contributed by atoms with van der Waals surface area (Å²) < 4.78 is 50.9. The lowest BCUT2D eigenvalue weighted by atomic mass is 10.2. The Balaban J connectivity index is 1.89. The molecule has 0 radical (unpaired) electrons. The zero-order valence-electron chi connectivity index (χ0n) is 15.4. The number of hydrogen-bond acceptors (Lipinski definition) is 7. The summed E-state index contributed by atoms with van der Waals surface area (Å²) in [5, 5.41) is 3.62. The van der Waals surface area contributed by atoms with Crippen molar-refractivity contribution in [3.63, 3.8) is 0 Å². The molecule has 2 aromatic heterocycles. The van der Waals surface area contributed by atoms with Gasteiger partial charge in [-0.1, -0.05) is 5.16 Å². The molecule has 4 aromatic rings. The third kappa shape index (κ3) is 3.61. The molecule has 0 aliphatic rings. The number of aromatic nitrogens is 3. The molecule has 0 aliphatic carbocycles. The average molecular weight is 494 g/mol. The summed E-state index contributed by atoms with van der Waals surface area (Å²) in [6, 6.07) is 8.17. The molecule has 30 heavy (non-hydrogen) atoms. The SMILES string of the molecule is COc1cc(Br)c(F)cc1-n1c(=O)cnc2cc(S(=O)(=O)Cc3ccon3)ccc21. The van der Waals surface area contributed by atoms with Crippen molar-refractivity contribution in [1.82, 2.24) is 14.7 Å². The third-order valence-corrected chi connectivity index (χ3v) is 6.63. The minimum Gasteiger partial charge on any atom is -0.495 e. The molecule has 0 fully saturated rings. The fraction of sp³-hybridized carbons (Fsp3) is 0.105. The van der Waals surface area contributed by atoms with Gasteiger partial charge in [-0.25, -0.2) is 17.8 Å². The Morgan fingerprint density at radius 1 is 1.23 bits per heavy atom. The van der Waals surface area contributed by atoms with Crippen molar-refractivity contribution in [3.05, 3.63) is 75.2 Å². The van der Waals surface area contributed by atoms with E-state index < -0.39 is 21.2 Å². The van der Waals surface area contributed by atoms with Crippen LogP contribution in [0.3, 0.4) is 0 Å². The molecule has 0 amide bonds. The average Bonchev–Trinajstić information content (AvgIpc) is 3.21. The fourth-order valence-corrected chi connectivity index (χ4v) is 4.58. The first-order valence-corrected chi connectivity index (χ1v) is 10.9. The van der Waals surface area contributed by atoms with Crippen LogP contribution in [0.25, 0.3) is 16.7 Å². The van der Waals surface area contributed by atoms with E-state index in [1.54, 1.807) is 0 Å². The van der Waals surface area contributed by atoms with Crippen LogP contribution in [-0.4, -0.2) is 30.2 Å². The zero-order chi connectivity index (χ0) is 21.5. The van der Waals surface area contributed by atoms with Crippen LogP contribution in [0.15, 0.2) is 67.5 Å². The van der Waals surface area contributed by atoms with Crippen molar-refractivity contribution in [3.8, 4) is 11.4 Å². The molecule has 0 saturated heterocycles. The van der Waals surface area contributed by atoms with Gasteiger partial charge in [0.25, 0.3) is 5.56 Å². The molecule has 0 spiro atoms. The van der Waals surface area contributed by atoms with Gasteiger partial charge in [-0.05, 0) is 40.2 Å². The molecule has 8 nitrogen and oxygen atoms in total. The lowest BCUT2D eigenvalue weighted by Gasteiger charge is -2.14. The summed E-state index contributed by atoms with van der Waals surface area (Å²) in [7, 11) is -2.33. The number of methoxy groups -OCH3 is 1. The summed E-state index contributed by atoms with van der Waals surface area (Å²) in [6.45, 7) is 0. The van der Waals surface area contributed by atoms with Gasteiger partial charge < -0.3 is 9.26 Å². The first-order valence-electron chi connectivity index (χ1n) is 8.47. The Labute approximate surface area is 178 Å². The normalized spacial score (nSPS) is 11.7. The van der Waals surface area contributed by atoms with Gasteiger partial charge in [-0.15, -0.1) is 0 Å². The molecular formula is C19H13BrFN3O5S. The monoisotopic (exact) mass is 493 g/mol. The summed E-state index contributed by atoms with van der Waals surface area (Å²) in [4.78, 5) is 16.6. The fourth-order valence-electron chi connectivity index (χ4n) is 2.99. The molecule has 11 heteroatoms. The van der Waals surface area contributed by atoms with Crippen molar-refractivity contribution >= 4 is 36.8 Å². The molecule has 4 rings (SSSR count). The van der Waals surface area contributed by atoms with E-state index in [-0.39, 0.29) is 37.8 Å². The highest BCUT2D eigenvalue weighted by Crippen LogP contribution is 2.31. The number of nitrogens with zero attached hydrogens (tertiary/aromatic N) is 3. The molecule has 0 unspecified atom stereocenters. The number of hydrogen-bond donors (Lipinski definition) is 0. The second kappa shape index (κ2) is 7.65. The van der Waals surface area contributed by atoms with Gasteiger partial charge in [0.2, 0.25) is 0 Å². The molecule has 2 heterocycles. The molecule has 0 bridgehead atoms. The maximum atomic E-state index is 14.2. The van der Waals surface area contributed by atoms with Crippen LogP contribution in [0.5, 0.6) is 5.75 Å². The zero-order valence-corrected chi connectivity index (χ0v) is 17.8. The van der Waals surface area contributed by atoms with E-state index in [4.69, 9.17) is 4.74 Å². The van der Waals surface area contributed by atoms with Crippen molar-refractivity contribution in [1.29, 1.82) is 0 Å². The first-order chi connectivity index (χ1) is 14.3. The number of benzene rings is 2. The quantitative estimate of drug-likeness (QED) is 0.420. The highest BCUT2D eigenvalue weighted by molar-refractivity contribution is 9.10. The molecule has 154 valence electrons. The Bertz CT molecular complexity index is 1420. The standard InChI is InChI=1S/C19H13BrFN3O5S/c1-28-18-7-13(20)14(21)8-17(18)24-16-3-2-12(6-15(16)22-9-19(24)25)30(26,27)10-11-4-5-29-23-11/h2-9H,10H2,1H3. The first kappa shape index (κ1) is 20.2. The molecular weight excluding hydrogens is 481 g/mol. The van der Waals surface area contributed by atoms with E-state index >= 15 is 0 Å². The van der Waals surface area contributed by atoms with E-state index in [2.05, 4.69) is 30.6 Å². The summed E-state index contributed by atoms with van der Waals surface area (Å²) in [6.07, 6.45) is 2.33. The Hall–Kier alpha value is -3.05. The lowest BCUT2D eigenvalue weighted by molar-refractivity contribution is 0.411. The summed E-state index contributed by atoms with van der Waals surface area (Å²) in [5.41, 5.74) is 0.432. The molecule has 0 saturated carbocycles. The van der Waals surface area contributed by atoms with Gasteiger partial charge >= 0.3 is 0 Å². The number of ether oxygens (including phenoxy) is 1. The number of rotatable bonds is 5. The van der Waals surface area contributed by atoms with E-state index in [1.807, 2.05) is 0 Å². The van der Waals surface area contributed by atoms with Crippen LogP contribution in [0.2, 0.25) is 0 Å². The topological polar surface area (TPSA) is 104 Å². The largest absolute Gasteiger partial charge is 0.495 e. The number of halogens is 2. The van der Waals surface area contributed by atoms with Crippen molar-refractivity contribution in [2.75, 3.05) is 7.11 Å². The maximum absolute atomic E-state index is 14.2. The van der Waals surface area contributed by atoms with Crippen molar-refractivity contribution in [2.24, 2.45) is 0 Å². The highest BCUT2D eigenvalue weighted by Gasteiger charge is 2.20. The maximum Gasteiger partial charge on any atom is 0.274 e. The summed E-state index contributed by atoms with van der Waals surface area (Å²) >= 11 is 3.08. The molecule has 0 N–H and O–H groups in total. The van der Waals surface area contributed by atoms with Crippen LogP contribution in [0.1, 0.15) is 5.69 Å². The van der Waals surface area contributed by atoms with Gasteiger partial charge in [0.05, 0.1) is 45.1 Å². The van der Waals surface area contributed by atoms with Gasteiger partial charge in [0.1, 0.15) is 23.6 Å². The molecule has 2 aromatic carbocycles. The number of sulfone groups is 1. The predicted octanol–water partition coefficient (Wildman–Crippen LogP) is 3.26. The third-order valence-electron chi connectivity index (χ3n) is 4.37. The van der Waals surface area contributed by atoms with Crippen LogP contribution < -0.4 is 10.3 Å².